The van der Waals surface area contributed by atoms with Gasteiger partial charge < -0.3 is 10.0 Å². The van der Waals surface area contributed by atoms with Gasteiger partial charge in [0.15, 0.2) is 0 Å². The van der Waals surface area contributed by atoms with E-state index in [1.165, 1.54) is 23.1 Å². The molecule has 3 nitrogen and oxygen atoms in total. The molecule has 0 aliphatic heterocycles. The summed E-state index contributed by atoms with van der Waals surface area (Å²) >= 11 is 5.93. The lowest BCUT2D eigenvalue weighted by Crippen LogP contribution is -2.31. The lowest BCUT2D eigenvalue weighted by Gasteiger charge is -2.19. The minimum atomic E-state index is -0.259. The molecule has 4 heteroatoms. The first kappa shape index (κ1) is 13.3. The van der Waals surface area contributed by atoms with Crippen molar-refractivity contribution in [3.8, 4) is 5.75 Å². The smallest absolute Gasteiger partial charge is 0.256 e. The van der Waals surface area contributed by atoms with Crippen LogP contribution in [0, 0.1) is 0 Å². The van der Waals surface area contributed by atoms with Crippen LogP contribution in [0.15, 0.2) is 43.5 Å². The SMILES string of the molecule is C=CCN(CC=C)C(=O)c1cc(O)ccc1Cl. The Balaban J connectivity index is 3.03. The monoisotopic (exact) mass is 251 g/mol. The van der Waals surface area contributed by atoms with Crippen LogP contribution in [0.25, 0.3) is 0 Å². The van der Waals surface area contributed by atoms with E-state index in [1.54, 1.807) is 12.2 Å². The van der Waals surface area contributed by atoms with E-state index in [2.05, 4.69) is 13.2 Å². The van der Waals surface area contributed by atoms with Gasteiger partial charge in [0.1, 0.15) is 5.75 Å². The number of carbonyl (C=O) groups is 1. The number of halogens is 1. The van der Waals surface area contributed by atoms with Crippen molar-refractivity contribution in [1.29, 1.82) is 0 Å². The molecule has 0 saturated heterocycles. The molecule has 0 atom stereocenters. The molecule has 0 aromatic heterocycles. The van der Waals surface area contributed by atoms with Gasteiger partial charge in [0.25, 0.3) is 5.91 Å². The van der Waals surface area contributed by atoms with Crippen LogP contribution >= 0.6 is 11.6 Å². The molecule has 1 N–H and O–H groups in total. The van der Waals surface area contributed by atoms with E-state index in [9.17, 15) is 9.90 Å². The van der Waals surface area contributed by atoms with Crippen LogP contribution in [0.1, 0.15) is 10.4 Å². The van der Waals surface area contributed by atoms with E-state index in [-0.39, 0.29) is 17.2 Å². The first-order valence-electron chi connectivity index (χ1n) is 5.09. The number of hydrogen-bond acceptors (Lipinski definition) is 2. The van der Waals surface area contributed by atoms with E-state index in [1.807, 2.05) is 0 Å². The summed E-state index contributed by atoms with van der Waals surface area (Å²) in [5.41, 5.74) is 0.273. The molecule has 0 saturated carbocycles. The normalized spacial score (nSPS) is 9.71. The zero-order chi connectivity index (χ0) is 12.8. The Morgan fingerprint density at radius 2 is 1.94 bits per heavy atom. The van der Waals surface area contributed by atoms with Gasteiger partial charge in [-0.3, -0.25) is 4.79 Å². The summed E-state index contributed by atoms with van der Waals surface area (Å²) in [4.78, 5) is 13.7. The predicted octanol–water partition coefficient (Wildman–Crippen LogP) is 2.86. The van der Waals surface area contributed by atoms with E-state index >= 15 is 0 Å². The molecule has 90 valence electrons. The van der Waals surface area contributed by atoms with Gasteiger partial charge in [-0.15, -0.1) is 13.2 Å². The molecule has 1 aromatic carbocycles. The second-order valence-corrected chi connectivity index (χ2v) is 3.86. The third-order valence-electron chi connectivity index (χ3n) is 2.17. The molecule has 0 aliphatic carbocycles. The largest absolute Gasteiger partial charge is 0.508 e. The molecule has 1 rings (SSSR count). The fourth-order valence-corrected chi connectivity index (χ4v) is 1.60. The summed E-state index contributed by atoms with van der Waals surface area (Å²) in [6, 6.07) is 4.28. The number of hydrogen-bond donors (Lipinski definition) is 1. The van der Waals surface area contributed by atoms with Crippen molar-refractivity contribution in [1.82, 2.24) is 4.90 Å². The predicted molar refractivity (Wildman–Crippen MR) is 69.4 cm³/mol. The van der Waals surface area contributed by atoms with Gasteiger partial charge in [0.05, 0.1) is 10.6 Å². The highest BCUT2D eigenvalue weighted by Crippen LogP contribution is 2.22. The number of phenols is 1. The van der Waals surface area contributed by atoms with Gasteiger partial charge in [-0.05, 0) is 18.2 Å². The summed E-state index contributed by atoms with van der Waals surface area (Å²) < 4.78 is 0. The maximum atomic E-state index is 12.1. The van der Waals surface area contributed by atoms with Crippen molar-refractivity contribution in [2.75, 3.05) is 13.1 Å². The second kappa shape index (κ2) is 6.11. The molecule has 1 aromatic rings. The molecule has 0 aliphatic rings. The van der Waals surface area contributed by atoms with E-state index in [0.717, 1.165) is 0 Å². The summed E-state index contributed by atoms with van der Waals surface area (Å²) in [7, 11) is 0. The van der Waals surface area contributed by atoms with Crippen LogP contribution in [0.3, 0.4) is 0 Å². The molecule has 0 spiro atoms. The highest BCUT2D eigenvalue weighted by molar-refractivity contribution is 6.33. The van der Waals surface area contributed by atoms with Gasteiger partial charge in [-0.25, -0.2) is 0 Å². The Hall–Kier alpha value is -1.74. The Morgan fingerprint density at radius 3 is 2.47 bits per heavy atom. The number of amides is 1. The number of aromatic hydroxyl groups is 1. The maximum absolute atomic E-state index is 12.1. The second-order valence-electron chi connectivity index (χ2n) is 3.45. The summed E-state index contributed by atoms with van der Waals surface area (Å²) in [6.07, 6.45) is 3.25. The summed E-state index contributed by atoms with van der Waals surface area (Å²) in [6.45, 7) is 7.98. The van der Waals surface area contributed by atoms with Crippen LogP contribution in [0.4, 0.5) is 0 Å². The molecular weight excluding hydrogens is 238 g/mol. The highest BCUT2D eigenvalue weighted by atomic mass is 35.5. The number of carbonyl (C=O) groups excluding carboxylic acids is 1. The Morgan fingerprint density at radius 1 is 1.35 bits per heavy atom. The summed E-state index contributed by atoms with van der Waals surface area (Å²) in [5.74, 6) is -0.249. The third kappa shape index (κ3) is 3.36. The van der Waals surface area contributed by atoms with Gasteiger partial charge >= 0.3 is 0 Å². The topological polar surface area (TPSA) is 40.5 Å². The molecule has 17 heavy (non-hydrogen) atoms. The number of nitrogens with zero attached hydrogens (tertiary/aromatic N) is 1. The minimum Gasteiger partial charge on any atom is -0.508 e. The standard InChI is InChI=1S/C13H14ClNO2/c1-3-7-15(8-4-2)13(17)11-9-10(16)5-6-12(11)14/h3-6,9,16H,1-2,7-8H2. The molecule has 0 fully saturated rings. The quantitative estimate of drug-likeness (QED) is 0.818. The van der Waals surface area contributed by atoms with E-state index in [4.69, 9.17) is 11.6 Å². The average Bonchev–Trinajstić information content (AvgIpc) is 2.31. The van der Waals surface area contributed by atoms with Gasteiger partial charge in [0, 0.05) is 13.1 Å². The Bertz CT molecular complexity index is 433. The molecule has 1 amide bonds. The Labute approximate surface area is 106 Å². The highest BCUT2D eigenvalue weighted by Gasteiger charge is 2.16. The number of phenolic OH excluding ortho intramolecular Hbond substituents is 1. The van der Waals surface area contributed by atoms with Crippen molar-refractivity contribution in [2.24, 2.45) is 0 Å². The first-order valence-corrected chi connectivity index (χ1v) is 5.47. The number of benzene rings is 1. The van der Waals surface area contributed by atoms with Crippen LogP contribution in [-0.4, -0.2) is 29.0 Å². The Kier molecular flexibility index (Phi) is 4.79. The van der Waals surface area contributed by atoms with Crippen LogP contribution < -0.4 is 0 Å². The van der Waals surface area contributed by atoms with Crippen molar-refractivity contribution in [3.63, 3.8) is 0 Å². The zero-order valence-corrected chi connectivity index (χ0v) is 10.2. The molecular formula is C13H14ClNO2. The van der Waals surface area contributed by atoms with Crippen molar-refractivity contribution in [3.05, 3.63) is 54.1 Å². The fourth-order valence-electron chi connectivity index (χ4n) is 1.40. The molecule has 0 heterocycles. The van der Waals surface area contributed by atoms with Crippen molar-refractivity contribution in [2.45, 2.75) is 0 Å². The summed E-state index contributed by atoms with van der Waals surface area (Å²) in [5, 5.41) is 9.67. The maximum Gasteiger partial charge on any atom is 0.256 e. The van der Waals surface area contributed by atoms with E-state index in [0.29, 0.717) is 18.1 Å². The number of rotatable bonds is 5. The minimum absolute atomic E-state index is 0.00917. The van der Waals surface area contributed by atoms with Gasteiger partial charge in [-0.2, -0.15) is 0 Å². The fraction of sp³-hybridized carbons (Fsp3) is 0.154. The van der Waals surface area contributed by atoms with Crippen LogP contribution in [0.2, 0.25) is 5.02 Å². The lowest BCUT2D eigenvalue weighted by molar-refractivity contribution is 0.0790. The zero-order valence-electron chi connectivity index (χ0n) is 9.40. The molecule has 0 bridgehead atoms. The first-order chi connectivity index (χ1) is 8.10. The van der Waals surface area contributed by atoms with Crippen molar-refractivity contribution < 1.29 is 9.90 Å². The van der Waals surface area contributed by atoms with Gasteiger partial charge in [-0.1, -0.05) is 23.8 Å². The van der Waals surface area contributed by atoms with Gasteiger partial charge in [0.2, 0.25) is 0 Å². The van der Waals surface area contributed by atoms with Crippen molar-refractivity contribution >= 4 is 17.5 Å². The third-order valence-corrected chi connectivity index (χ3v) is 2.50. The lowest BCUT2D eigenvalue weighted by atomic mass is 10.2. The molecule has 0 unspecified atom stereocenters. The van der Waals surface area contributed by atoms with Crippen LogP contribution in [0.5, 0.6) is 5.75 Å². The van der Waals surface area contributed by atoms with Crippen LogP contribution in [-0.2, 0) is 0 Å². The van der Waals surface area contributed by atoms with E-state index < -0.39 is 0 Å². The molecule has 0 radical (unpaired) electrons. The average molecular weight is 252 g/mol.